The molecule has 1 unspecified atom stereocenters. The van der Waals surface area contributed by atoms with Crippen molar-refractivity contribution in [2.24, 2.45) is 5.41 Å². The van der Waals surface area contributed by atoms with Crippen molar-refractivity contribution in [3.05, 3.63) is 23.3 Å². The van der Waals surface area contributed by atoms with Gasteiger partial charge < -0.3 is 5.32 Å². The molecule has 0 aromatic heterocycles. The predicted molar refractivity (Wildman–Crippen MR) is 74.8 cm³/mol. The molecule has 1 N–H and O–H groups in total. The molecule has 1 heterocycles. The monoisotopic (exact) mass is 267 g/mol. The molecule has 100 valence electrons. The number of fused-ring (bicyclic) bond motifs is 1. The molecule has 1 aliphatic rings. The lowest BCUT2D eigenvalue weighted by Crippen LogP contribution is -2.43. The Morgan fingerprint density at radius 2 is 1.72 bits per heavy atom. The van der Waals surface area contributed by atoms with E-state index in [9.17, 15) is 8.42 Å². The molecule has 0 amide bonds. The van der Waals surface area contributed by atoms with Gasteiger partial charge in [0.2, 0.25) is 0 Å². The molecule has 0 saturated carbocycles. The Balaban J connectivity index is 2.65. The summed E-state index contributed by atoms with van der Waals surface area (Å²) in [4.78, 5) is 0.489. The van der Waals surface area contributed by atoms with Gasteiger partial charge in [0.05, 0.1) is 16.3 Å². The fourth-order valence-electron chi connectivity index (χ4n) is 2.35. The minimum atomic E-state index is -3.19. The highest BCUT2D eigenvalue weighted by molar-refractivity contribution is 7.91. The molecule has 0 fully saturated rings. The maximum Gasteiger partial charge on any atom is 0.182 e. The molecule has 0 aliphatic carbocycles. The Hall–Kier alpha value is -1.03. The van der Waals surface area contributed by atoms with Gasteiger partial charge in [0, 0.05) is 6.04 Å². The molecule has 4 heteroatoms. The number of nitrogens with one attached hydrogen (secondary N) is 1. The summed E-state index contributed by atoms with van der Waals surface area (Å²) in [5, 5.41) is 3.42. The first-order valence-electron chi connectivity index (χ1n) is 6.22. The molecular formula is C14H21NO2S. The minimum Gasteiger partial charge on any atom is -0.379 e. The number of hydrogen-bond donors (Lipinski definition) is 1. The lowest BCUT2D eigenvalue weighted by molar-refractivity contribution is 0.356. The van der Waals surface area contributed by atoms with Crippen molar-refractivity contribution < 1.29 is 8.42 Å². The fraction of sp³-hybridized carbons (Fsp3) is 0.571. The third-order valence-corrected chi connectivity index (χ3v) is 5.54. The lowest BCUT2D eigenvalue weighted by atomic mass is 9.87. The molecule has 0 spiro atoms. The second-order valence-electron chi connectivity index (χ2n) is 6.25. The molecule has 0 saturated heterocycles. The number of anilines is 1. The van der Waals surface area contributed by atoms with Crippen LogP contribution in [0.2, 0.25) is 0 Å². The number of hydrogen-bond acceptors (Lipinski definition) is 3. The Labute approximate surface area is 110 Å². The van der Waals surface area contributed by atoms with Crippen molar-refractivity contribution >= 4 is 15.5 Å². The molecule has 1 aromatic carbocycles. The molecule has 0 radical (unpaired) electrons. The van der Waals surface area contributed by atoms with Gasteiger partial charge in [0.15, 0.2) is 9.84 Å². The van der Waals surface area contributed by atoms with Crippen molar-refractivity contribution in [1.29, 1.82) is 0 Å². The molecule has 3 nitrogen and oxygen atoms in total. The van der Waals surface area contributed by atoms with Crippen LogP contribution < -0.4 is 5.32 Å². The SMILES string of the molecule is Cc1ccc(C)c2c1NC(C(C)(C)C)CS2(=O)=O. The smallest absolute Gasteiger partial charge is 0.182 e. The standard InChI is InChI=1S/C14H21NO2S/c1-9-6-7-10(2)13-12(9)15-11(14(3,4)5)8-18(13,16)17/h6-7,11,15H,8H2,1-5H3. The first-order chi connectivity index (χ1) is 8.13. The van der Waals surface area contributed by atoms with E-state index in [-0.39, 0.29) is 17.2 Å². The summed E-state index contributed by atoms with van der Waals surface area (Å²) in [6, 6.07) is 3.81. The molecule has 0 bridgehead atoms. The average molecular weight is 267 g/mol. The van der Waals surface area contributed by atoms with Crippen molar-refractivity contribution in [2.45, 2.75) is 45.6 Å². The van der Waals surface area contributed by atoms with E-state index in [0.29, 0.717) is 4.90 Å². The highest BCUT2D eigenvalue weighted by Gasteiger charge is 2.37. The first-order valence-corrected chi connectivity index (χ1v) is 7.87. The van der Waals surface area contributed by atoms with Crippen molar-refractivity contribution in [3.8, 4) is 0 Å². The topological polar surface area (TPSA) is 46.2 Å². The van der Waals surface area contributed by atoms with E-state index >= 15 is 0 Å². The van der Waals surface area contributed by atoms with Gasteiger partial charge in [0.25, 0.3) is 0 Å². The largest absolute Gasteiger partial charge is 0.379 e. The van der Waals surface area contributed by atoms with E-state index in [0.717, 1.165) is 16.8 Å². The van der Waals surface area contributed by atoms with Crippen LogP contribution in [0.1, 0.15) is 31.9 Å². The highest BCUT2D eigenvalue weighted by atomic mass is 32.2. The number of benzene rings is 1. The molecule has 18 heavy (non-hydrogen) atoms. The van der Waals surface area contributed by atoms with Gasteiger partial charge in [-0.1, -0.05) is 32.9 Å². The van der Waals surface area contributed by atoms with Crippen LogP contribution in [0.25, 0.3) is 0 Å². The van der Waals surface area contributed by atoms with E-state index in [1.54, 1.807) is 0 Å². The van der Waals surface area contributed by atoms with Gasteiger partial charge in [-0.15, -0.1) is 0 Å². The third-order valence-electron chi connectivity index (χ3n) is 3.62. The van der Waals surface area contributed by atoms with E-state index in [2.05, 4.69) is 26.1 Å². The van der Waals surface area contributed by atoms with Crippen molar-refractivity contribution in [3.63, 3.8) is 0 Å². The zero-order valence-corrected chi connectivity index (χ0v) is 12.5. The van der Waals surface area contributed by atoms with E-state index in [1.807, 2.05) is 26.0 Å². The molecule has 1 aromatic rings. The van der Waals surface area contributed by atoms with Crippen LogP contribution in [0.15, 0.2) is 17.0 Å². The number of sulfone groups is 1. The maximum atomic E-state index is 12.5. The molecule has 1 aliphatic heterocycles. The summed E-state index contributed by atoms with van der Waals surface area (Å²) in [6.07, 6.45) is 0. The zero-order valence-electron chi connectivity index (χ0n) is 11.7. The summed E-state index contributed by atoms with van der Waals surface area (Å²) in [6.45, 7) is 10.0. The van der Waals surface area contributed by atoms with Crippen molar-refractivity contribution in [2.75, 3.05) is 11.1 Å². The van der Waals surface area contributed by atoms with Gasteiger partial charge in [0.1, 0.15) is 0 Å². The Morgan fingerprint density at radius 1 is 1.17 bits per heavy atom. The van der Waals surface area contributed by atoms with Crippen LogP contribution in [0.3, 0.4) is 0 Å². The van der Waals surface area contributed by atoms with Crippen LogP contribution in [-0.2, 0) is 9.84 Å². The second-order valence-corrected chi connectivity index (χ2v) is 8.22. The zero-order chi connectivity index (χ0) is 13.7. The predicted octanol–water partition coefficient (Wildman–Crippen LogP) is 2.92. The summed E-state index contributed by atoms with van der Waals surface area (Å²) in [5.74, 6) is 0.174. The van der Waals surface area contributed by atoms with Crippen LogP contribution in [-0.4, -0.2) is 20.2 Å². The fourth-order valence-corrected chi connectivity index (χ4v) is 4.63. The minimum absolute atomic E-state index is 0.0458. The summed E-state index contributed by atoms with van der Waals surface area (Å²) in [5.41, 5.74) is 2.53. The van der Waals surface area contributed by atoms with E-state index < -0.39 is 9.84 Å². The van der Waals surface area contributed by atoms with Gasteiger partial charge >= 0.3 is 0 Å². The van der Waals surface area contributed by atoms with Crippen LogP contribution in [0, 0.1) is 19.3 Å². The first kappa shape index (κ1) is 13.4. The molecular weight excluding hydrogens is 246 g/mol. The van der Waals surface area contributed by atoms with E-state index in [4.69, 9.17) is 0 Å². The molecule has 2 rings (SSSR count). The highest BCUT2D eigenvalue weighted by Crippen LogP contribution is 2.38. The Bertz CT molecular complexity index is 583. The van der Waals surface area contributed by atoms with Gasteiger partial charge in [-0.2, -0.15) is 0 Å². The summed E-state index contributed by atoms with van der Waals surface area (Å²) in [7, 11) is -3.19. The summed E-state index contributed by atoms with van der Waals surface area (Å²) < 4.78 is 24.9. The van der Waals surface area contributed by atoms with Crippen LogP contribution in [0.5, 0.6) is 0 Å². The van der Waals surface area contributed by atoms with Gasteiger partial charge in [-0.3, -0.25) is 0 Å². The maximum absolute atomic E-state index is 12.5. The number of aryl methyl sites for hydroxylation is 2. The van der Waals surface area contributed by atoms with Crippen LogP contribution >= 0.6 is 0 Å². The molecule has 1 atom stereocenters. The Morgan fingerprint density at radius 3 is 2.28 bits per heavy atom. The normalized spacial score (nSPS) is 22.2. The van der Waals surface area contributed by atoms with Crippen LogP contribution in [0.4, 0.5) is 5.69 Å². The Kier molecular flexibility index (Phi) is 2.97. The number of rotatable bonds is 0. The summed E-state index contributed by atoms with van der Waals surface area (Å²) >= 11 is 0. The third kappa shape index (κ3) is 2.14. The van der Waals surface area contributed by atoms with E-state index in [1.165, 1.54) is 0 Å². The second kappa shape index (κ2) is 3.98. The van der Waals surface area contributed by atoms with Gasteiger partial charge in [-0.05, 0) is 30.4 Å². The lowest BCUT2D eigenvalue weighted by Gasteiger charge is -2.37. The van der Waals surface area contributed by atoms with Gasteiger partial charge in [-0.25, -0.2) is 8.42 Å². The van der Waals surface area contributed by atoms with Crippen molar-refractivity contribution in [1.82, 2.24) is 0 Å². The average Bonchev–Trinajstić information content (AvgIpc) is 2.20. The quantitative estimate of drug-likeness (QED) is 0.786.